The zero-order chi connectivity index (χ0) is 18.8. The number of carbonyl (C=O) groups excluding carboxylic acids is 1. The summed E-state index contributed by atoms with van der Waals surface area (Å²) in [5.41, 5.74) is 1.52. The number of nitro benzene ring substituents is 1. The average Bonchev–Trinajstić information content (AvgIpc) is 3.09. The minimum atomic E-state index is -0.579. The van der Waals surface area contributed by atoms with Gasteiger partial charge in [0.15, 0.2) is 5.76 Å². The molecule has 3 rings (SSSR count). The largest absolute Gasteiger partial charge is 0.451 e. The second-order valence-corrected chi connectivity index (χ2v) is 6.27. The van der Waals surface area contributed by atoms with Crippen LogP contribution < -0.4 is 5.32 Å². The summed E-state index contributed by atoms with van der Waals surface area (Å²) in [6.45, 7) is 1.79. The third-order valence-corrected chi connectivity index (χ3v) is 4.50. The van der Waals surface area contributed by atoms with E-state index in [-0.39, 0.29) is 16.5 Å². The molecule has 1 amide bonds. The number of amides is 1. The molecule has 0 saturated carbocycles. The summed E-state index contributed by atoms with van der Waals surface area (Å²) in [6, 6.07) is 12.5. The fraction of sp³-hybridized carbons (Fsp3) is 0.0556. The van der Waals surface area contributed by atoms with Crippen molar-refractivity contribution < 1.29 is 14.1 Å². The van der Waals surface area contributed by atoms with Crippen LogP contribution in [0.1, 0.15) is 16.1 Å². The van der Waals surface area contributed by atoms with Crippen molar-refractivity contribution >= 4 is 40.5 Å². The Balaban J connectivity index is 1.86. The Kier molecular flexibility index (Phi) is 4.97. The summed E-state index contributed by atoms with van der Waals surface area (Å²) >= 11 is 11.8. The van der Waals surface area contributed by atoms with Crippen LogP contribution in [0.5, 0.6) is 0 Å². The van der Waals surface area contributed by atoms with Gasteiger partial charge in [-0.25, -0.2) is 0 Å². The van der Waals surface area contributed by atoms with Gasteiger partial charge in [0, 0.05) is 22.3 Å². The summed E-state index contributed by atoms with van der Waals surface area (Å²) in [7, 11) is 0. The average molecular weight is 391 g/mol. The molecule has 132 valence electrons. The Morgan fingerprint density at radius 1 is 1.12 bits per heavy atom. The van der Waals surface area contributed by atoms with Crippen LogP contribution in [0.2, 0.25) is 10.0 Å². The molecule has 3 aromatic rings. The molecule has 0 atom stereocenters. The molecular weight excluding hydrogens is 379 g/mol. The monoisotopic (exact) mass is 390 g/mol. The number of anilines is 1. The molecular formula is C18H12Cl2N2O4. The van der Waals surface area contributed by atoms with Gasteiger partial charge in [-0.1, -0.05) is 29.3 Å². The SMILES string of the molecule is Cc1c(Cl)cccc1NC(=O)c1ccc(-c2ccc(Cl)c([N+](=O)[O-])c2)o1. The van der Waals surface area contributed by atoms with Gasteiger partial charge in [0.1, 0.15) is 10.8 Å². The van der Waals surface area contributed by atoms with Crippen LogP contribution in [0.15, 0.2) is 52.9 Å². The van der Waals surface area contributed by atoms with Crippen LogP contribution >= 0.6 is 23.2 Å². The van der Waals surface area contributed by atoms with Crippen molar-refractivity contribution in [2.45, 2.75) is 6.92 Å². The number of hydrogen-bond acceptors (Lipinski definition) is 4. The summed E-state index contributed by atoms with van der Waals surface area (Å²) in [5.74, 6) is -0.0696. The molecule has 6 nitrogen and oxygen atoms in total. The predicted molar refractivity (Wildman–Crippen MR) is 100.0 cm³/mol. The first-order valence-electron chi connectivity index (χ1n) is 7.47. The summed E-state index contributed by atoms with van der Waals surface area (Å²) in [5, 5.41) is 14.3. The fourth-order valence-corrected chi connectivity index (χ4v) is 2.71. The van der Waals surface area contributed by atoms with E-state index in [0.717, 1.165) is 5.56 Å². The molecule has 0 unspecified atom stereocenters. The van der Waals surface area contributed by atoms with Gasteiger partial charge in [-0.15, -0.1) is 0 Å². The van der Waals surface area contributed by atoms with Crippen molar-refractivity contribution in [2.24, 2.45) is 0 Å². The van der Waals surface area contributed by atoms with E-state index < -0.39 is 10.8 Å². The molecule has 0 aliphatic carbocycles. The minimum Gasteiger partial charge on any atom is -0.451 e. The van der Waals surface area contributed by atoms with Crippen LogP contribution in [-0.2, 0) is 0 Å². The molecule has 0 aliphatic heterocycles. The summed E-state index contributed by atoms with van der Waals surface area (Å²) in [4.78, 5) is 22.8. The molecule has 0 aliphatic rings. The maximum absolute atomic E-state index is 12.4. The van der Waals surface area contributed by atoms with Crippen LogP contribution in [0, 0.1) is 17.0 Å². The molecule has 1 N–H and O–H groups in total. The van der Waals surface area contributed by atoms with Crippen LogP contribution in [0.4, 0.5) is 11.4 Å². The Labute approximate surface area is 158 Å². The normalized spacial score (nSPS) is 10.6. The molecule has 0 fully saturated rings. The number of nitrogens with zero attached hydrogens (tertiary/aromatic N) is 1. The highest BCUT2D eigenvalue weighted by Crippen LogP contribution is 2.31. The number of hydrogen-bond donors (Lipinski definition) is 1. The van der Waals surface area contributed by atoms with E-state index in [2.05, 4.69) is 5.32 Å². The Bertz CT molecular complexity index is 1010. The first kappa shape index (κ1) is 18.0. The van der Waals surface area contributed by atoms with E-state index >= 15 is 0 Å². The Morgan fingerprint density at radius 2 is 1.88 bits per heavy atom. The molecule has 0 radical (unpaired) electrons. The number of furan rings is 1. The smallest absolute Gasteiger partial charge is 0.291 e. The maximum Gasteiger partial charge on any atom is 0.291 e. The fourth-order valence-electron chi connectivity index (χ4n) is 2.35. The lowest BCUT2D eigenvalue weighted by molar-refractivity contribution is -0.384. The van der Waals surface area contributed by atoms with E-state index in [1.807, 2.05) is 0 Å². The Morgan fingerprint density at radius 3 is 2.62 bits per heavy atom. The lowest BCUT2D eigenvalue weighted by atomic mass is 10.1. The second kappa shape index (κ2) is 7.19. The van der Waals surface area contributed by atoms with Gasteiger partial charge in [-0.3, -0.25) is 14.9 Å². The van der Waals surface area contributed by atoms with E-state index in [1.165, 1.54) is 18.2 Å². The first-order chi connectivity index (χ1) is 12.4. The van der Waals surface area contributed by atoms with E-state index in [0.29, 0.717) is 22.0 Å². The van der Waals surface area contributed by atoms with Gasteiger partial charge < -0.3 is 9.73 Å². The summed E-state index contributed by atoms with van der Waals surface area (Å²) < 4.78 is 5.54. The van der Waals surface area contributed by atoms with Crippen molar-refractivity contribution in [1.29, 1.82) is 0 Å². The van der Waals surface area contributed by atoms with E-state index in [9.17, 15) is 14.9 Å². The zero-order valence-electron chi connectivity index (χ0n) is 13.5. The van der Waals surface area contributed by atoms with Gasteiger partial charge in [-0.05, 0) is 48.9 Å². The number of carbonyl (C=O) groups is 1. The highest BCUT2D eigenvalue weighted by Gasteiger charge is 2.17. The number of rotatable bonds is 4. The number of benzene rings is 2. The van der Waals surface area contributed by atoms with E-state index in [1.54, 1.807) is 37.3 Å². The van der Waals surface area contributed by atoms with Crippen molar-refractivity contribution in [1.82, 2.24) is 0 Å². The molecule has 1 aromatic heterocycles. The molecule has 0 bridgehead atoms. The minimum absolute atomic E-state index is 0.0275. The van der Waals surface area contributed by atoms with Crippen LogP contribution in [0.3, 0.4) is 0 Å². The molecule has 8 heteroatoms. The van der Waals surface area contributed by atoms with E-state index in [4.69, 9.17) is 27.6 Å². The van der Waals surface area contributed by atoms with Gasteiger partial charge in [0.05, 0.1) is 4.92 Å². The van der Waals surface area contributed by atoms with Gasteiger partial charge in [0.25, 0.3) is 11.6 Å². The number of nitrogens with one attached hydrogen (secondary N) is 1. The lowest BCUT2D eigenvalue weighted by Gasteiger charge is -2.08. The third kappa shape index (κ3) is 3.56. The van der Waals surface area contributed by atoms with Gasteiger partial charge in [-0.2, -0.15) is 0 Å². The highest BCUT2D eigenvalue weighted by atomic mass is 35.5. The number of halogens is 2. The van der Waals surface area contributed by atoms with Gasteiger partial charge in [0.2, 0.25) is 0 Å². The first-order valence-corrected chi connectivity index (χ1v) is 8.23. The molecule has 0 spiro atoms. The summed E-state index contributed by atoms with van der Waals surface area (Å²) in [6.07, 6.45) is 0. The Hall–Kier alpha value is -2.83. The van der Waals surface area contributed by atoms with Crippen molar-refractivity contribution in [3.8, 4) is 11.3 Å². The van der Waals surface area contributed by atoms with Crippen LogP contribution in [0.25, 0.3) is 11.3 Å². The third-order valence-electron chi connectivity index (χ3n) is 3.77. The number of nitro groups is 1. The quantitative estimate of drug-likeness (QED) is 0.455. The van der Waals surface area contributed by atoms with Crippen molar-refractivity contribution in [3.63, 3.8) is 0 Å². The lowest BCUT2D eigenvalue weighted by Crippen LogP contribution is -2.11. The van der Waals surface area contributed by atoms with Crippen molar-refractivity contribution in [3.05, 3.63) is 80.0 Å². The second-order valence-electron chi connectivity index (χ2n) is 5.45. The van der Waals surface area contributed by atoms with Gasteiger partial charge >= 0.3 is 0 Å². The highest BCUT2D eigenvalue weighted by molar-refractivity contribution is 6.32. The van der Waals surface area contributed by atoms with Crippen molar-refractivity contribution in [2.75, 3.05) is 5.32 Å². The topological polar surface area (TPSA) is 85.4 Å². The predicted octanol–water partition coefficient (Wildman–Crippen LogP) is 5.72. The van der Waals surface area contributed by atoms with Crippen LogP contribution in [-0.4, -0.2) is 10.8 Å². The molecule has 0 saturated heterocycles. The zero-order valence-corrected chi connectivity index (χ0v) is 15.0. The standard InChI is InChI=1S/C18H12Cl2N2O4/c1-10-12(19)3-2-4-14(10)21-18(23)17-8-7-16(26-17)11-5-6-13(20)15(9-11)22(24)25/h2-9H,1H3,(H,21,23). The molecule has 1 heterocycles. The maximum atomic E-state index is 12.4. The molecule has 2 aromatic carbocycles. The molecule has 26 heavy (non-hydrogen) atoms.